The van der Waals surface area contributed by atoms with Crippen LogP contribution in [-0.4, -0.2) is 9.55 Å². The van der Waals surface area contributed by atoms with Crippen LogP contribution in [0, 0.1) is 16.3 Å². The van der Waals surface area contributed by atoms with Crippen molar-refractivity contribution in [3.8, 4) is 5.69 Å². The van der Waals surface area contributed by atoms with Gasteiger partial charge in [-0.15, -0.1) is 11.6 Å². The molecule has 2 aromatic carbocycles. The van der Waals surface area contributed by atoms with Gasteiger partial charge in [0.1, 0.15) is 11.6 Å². The zero-order valence-corrected chi connectivity index (χ0v) is 15.5. The zero-order valence-electron chi connectivity index (χ0n) is 11.0. The lowest BCUT2D eigenvalue weighted by molar-refractivity contribution is 0.622. The molecule has 1 aromatic heterocycles. The van der Waals surface area contributed by atoms with E-state index in [9.17, 15) is 4.39 Å². The molecule has 0 fully saturated rings. The van der Waals surface area contributed by atoms with Crippen LogP contribution in [0.5, 0.6) is 0 Å². The van der Waals surface area contributed by atoms with Crippen LogP contribution < -0.4 is 0 Å². The van der Waals surface area contributed by atoms with Crippen molar-refractivity contribution < 1.29 is 4.39 Å². The molecule has 0 saturated heterocycles. The van der Waals surface area contributed by atoms with Crippen LogP contribution in [-0.2, 0) is 5.88 Å². The Morgan fingerprint density at radius 1 is 1.33 bits per heavy atom. The van der Waals surface area contributed by atoms with Crippen LogP contribution in [0.25, 0.3) is 16.7 Å². The average molecular weight is 480 g/mol. The fraction of sp³-hybridized carbons (Fsp3) is 0.133. The highest BCUT2D eigenvalue weighted by atomic mass is 127. The van der Waals surface area contributed by atoms with E-state index < -0.39 is 0 Å². The predicted octanol–water partition coefficient (Wildman–Crippen LogP) is 5.58. The van der Waals surface area contributed by atoms with Crippen molar-refractivity contribution in [1.29, 1.82) is 0 Å². The zero-order chi connectivity index (χ0) is 15.1. The number of fused-ring (bicyclic) bond motifs is 1. The summed E-state index contributed by atoms with van der Waals surface area (Å²) in [6, 6.07) is 9.22. The molecule has 3 aromatic rings. The Balaban J connectivity index is 2.34. The molecular weight excluding hydrogens is 469 g/mol. The van der Waals surface area contributed by atoms with Crippen molar-refractivity contribution in [3.05, 3.63) is 55.6 Å². The monoisotopic (exact) mass is 478 g/mol. The number of benzene rings is 2. The van der Waals surface area contributed by atoms with E-state index in [2.05, 4.69) is 20.9 Å². The summed E-state index contributed by atoms with van der Waals surface area (Å²) < 4.78 is 17.4. The molecule has 6 heteroatoms. The third-order valence-corrected chi connectivity index (χ3v) is 5.22. The lowest BCUT2D eigenvalue weighted by atomic mass is 10.2. The second-order valence-corrected chi connectivity index (χ2v) is 6.97. The SMILES string of the molecule is Cc1ccc(-n2c(CCl)nc3cc(I)c(F)cc32)cc1Br. The summed E-state index contributed by atoms with van der Waals surface area (Å²) in [4.78, 5) is 4.51. The molecule has 0 amide bonds. The minimum absolute atomic E-state index is 0.253. The van der Waals surface area contributed by atoms with Crippen molar-refractivity contribution in [2.24, 2.45) is 0 Å². The quantitative estimate of drug-likeness (QED) is 0.347. The number of hydrogen-bond acceptors (Lipinski definition) is 1. The Labute approximate surface area is 148 Å². The highest BCUT2D eigenvalue weighted by molar-refractivity contribution is 14.1. The second-order valence-electron chi connectivity index (χ2n) is 4.69. The number of imidazole rings is 1. The van der Waals surface area contributed by atoms with Crippen LogP contribution in [0.1, 0.15) is 11.4 Å². The molecule has 2 nitrogen and oxygen atoms in total. The van der Waals surface area contributed by atoms with E-state index in [-0.39, 0.29) is 11.7 Å². The standard InChI is InChI=1S/C15H10BrClFIN2/c1-8-2-3-9(4-10(8)16)21-14-5-11(18)12(19)6-13(14)20-15(21)7-17/h2-6H,7H2,1H3. The maximum atomic E-state index is 13.9. The first-order chi connectivity index (χ1) is 10.0. The Morgan fingerprint density at radius 3 is 2.76 bits per heavy atom. The second kappa shape index (κ2) is 5.85. The maximum Gasteiger partial charge on any atom is 0.138 e. The Hall–Kier alpha value is -0.660. The van der Waals surface area contributed by atoms with Crippen molar-refractivity contribution in [1.82, 2.24) is 9.55 Å². The van der Waals surface area contributed by atoms with E-state index in [0.29, 0.717) is 9.39 Å². The molecule has 0 N–H and O–H groups in total. The molecule has 0 aliphatic carbocycles. The van der Waals surface area contributed by atoms with Gasteiger partial charge in [0.05, 0.1) is 20.5 Å². The van der Waals surface area contributed by atoms with Crippen LogP contribution in [0.15, 0.2) is 34.8 Å². The van der Waals surface area contributed by atoms with Gasteiger partial charge in [0.15, 0.2) is 0 Å². The van der Waals surface area contributed by atoms with Gasteiger partial charge in [0.2, 0.25) is 0 Å². The van der Waals surface area contributed by atoms with Gasteiger partial charge in [0, 0.05) is 16.2 Å². The van der Waals surface area contributed by atoms with Crippen LogP contribution in [0.2, 0.25) is 0 Å². The van der Waals surface area contributed by atoms with E-state index in [1.54, 1.807) is 6.07 Å². The maximum absolute atomic E-state index is 13.9. The first-order valence-electron chi connectivity index (χ1n) is 6.20. The highest BCUT2D eigenvalue weighted by Gasteiger charge is 2.14. The molecule has 0 atom stereocenters. The van der Waals surface area contributed by atoms with Crippen molar-refractivity contribution in [2.45, 2.75) is 12.8 Å². The predicted molar refractivity (Wildman–Crippen MR) is 95.7 cm³/mol. The van der Waals surface area contributed by atoms with E-state index in [1.165, 1.54) is 6.07 Å². The van der Waals surface area contributed by atoms with Gasteiger partial charge in [-0.1, -0.05) is 22.0 Å². The Morgan fingerprint density at radius 2 is 2.10 bits per heavy atom. The molecule has 108 valence electrons. The normalized spacial score (nSPS) is 11.3. The number of hydrogen-bond donors (Lipinski definition) is 0. The van der Waals surface area contributed by atoms with Crippen molar-refractivity contribution in [3.63, 3.8) is 0 Å². The lowest BCUT2D eigenvalue weighted by Gasteiger charge is -2.10. The van der Waals surface area contributed by atoms with E-state index >= 15 is 0 Å². The molecular formula is C15H10BrClFIN2. The van der Waals surface area contributed by atoms with Gasteiger partial charge in [-0.05, 0) is 53.3 Å². The van der Waals surface area contributed by atoms with Crippen LogP contribution >= 0.6 is 50.1 Å². The molecule has 0 radical (unpaired) electrons. The summed E-state index contributed by atoms with van der Waals surface area (Å²) in [5.74, 6) is 0.707. The third kappa shape index (κ3) is 2.71. The van der Waals surface area contributed by atoms with Gasteiger partial charge in [-0.2, -0.15) is 0 Å². The molecule has 0 spiro atoms. The summed E-state index contributed by atoms with van der Waals surface area (Å²) in [5.41, 5.74) is 3.51. The number of rotatable bonds is 2. The number of nitrogens with zero attached hydrogens (tertiary/aromatic N) is 2. The third-order valence-electron chi connectivity index (χ3n) is 3.30. The number of aromatic nitrogens is 2. The fourth-order valence-corrected chi connectivity index (χ4v) is 3.22. The topological polar surface area (TPSA) is 17.8 Å². The molecule has 21 heavy (non-hydrogen) atoms. The van der Waals surface area contributed by atoms with Gasteiger partial charge < -0.3 is 0 Å². The molecule has 0 unspecified atom stereocenters. The minimum Gasteiger partial charge on any atom is -0.295 e. The average Bonchev–Trinajstić information content (AvgIpc) is 2.80. The van der Waals surface area contributed by atoms with Crippen LogP contribution in [0.4, 0.5) is 4.39 Å². The van der Waals surface area contributed by atoms with Gasteiger partial charge in [0.25, 0.3) is 0 Å². The summed E-state index contributed by atoms with van der Waals surface area (Å²) in [6.45, 7) is 2.02. The van der Waals surface area contributed by atoms with E-state index in [0.717, 1.165) is 26.8 Å². The van der Waals surface area contributed by atoms with E-state index in [4.69, 9.17) is 11.6 Å². The molecule has 0 saturated carbocycles. The Kier molecular flexibility index (Phi) is 4.25. The molecule has 1 heterocycles. The number of alkyl halides is 1. The Bertz CT molecular complexity index is 847. The number of aryl methyl sites for hydroxylation is 1. The number of halogens is 4. The van der Waals surface area contributed by atoms with E-state index in [1.807, 2.05) is 52.3 Å². The largest absolute Gasteiger partial charge is 0.295 e. The summed E-state index contributed by atoms with van der Waals surface area (Å²) in [6.07, 6.45) is 0. The molecule has 3 rings (SSSR count). The first kappa shape index (κ1) is 15.2. The summed E-state index contributed by atoms with van der Waals surface area (Å²) >= 11 is 11.5. The van der Waals surface area contributed by atoms with Gasteiger partial charge in [-0.3, -0.25) is 4.57 Å². The molecule has 0 bridgehead atoms. The van der Waals surface area contributed by atoms with Crippen LogP contribution in [0.3, 0.4) is 0 Å². The smallest absolute Gasteiger partial charge is 0.138 e. The fourth-order valence-electron chi connectivity index (χ4n) is 2.22. The van der Waals surface area contributed by atoms with Gasteiger partial charge in [-0.25, -0.2) is 9.37 Å². The summed E-state index contributed by atoms with van der Waals surface area (Å²) in [5, 5.41) is 0. The highest BCUT2D eigenvalue weighted by Crippen LogP contribution is 2.28. The van der Waals surface area contributed by atoms with Crippen molar-refractivity contribution in [2.75, 3.05) is 0 Å². The lowest BCUT2D eigenvalue weighted by Crippen LogP contribution is -2.00. The molecule has 0 aliphatic rings. The summed E-state index contributed by atoms with van der Waals surface area (Å²) in [7, 11) is 0. The van der Waals surface area contributed by atoms with Crippen molar-refractivity contribution >= 4 is 61.2 Å². The van der Waals surface area contributed by atoms with Gasteiger partial charge >= 0.3 is 0 Å². The minimum atomic E-state index is -0.253. The molecule has 0 aliphatic heterocycles. The first-order valence-corrected chi connectivity index (χ1v) is 8.60.